The summed E-state index contributed by atoms with van der Waals surface area (Å²) >= 11 is 1.40. The standard InChI is InChI=1S/C17H17F2N5O3S/c1-4-7-24-10(2)21-22-17(24)28-9-14-20-15(23-27-14)11-5-6-12(26-16(18)19)13(8-11)25-3/h4-6,8,16H,1,7,9H2,2-3H3. The van der Waals surface area contributed by atoms with Crippen molar-refractivity contribution < 1.29 is 22.8 Å². The lowest BCUT2D eigenvalue weighted by Crippen LogP contribution is -2.03. The Balaban J connectivity index is 1.73. The summed E-state index contributed by atoms with van der Waals surface area (Å²) in [5, 5.41) is 12.8. The Bertz CT molecular complexity index is 960. The molecule has 0 aliphatic carbocycles. The summed E-state index contributed by atoms with van der Waals surface area (Å²) in [6.07, 6.45) is 1.76. The van der Waals surface area contributed by atoms with E-state index in [1.165, 1.54) is 31.0 Å². The zero-order valence-electron chi connectivity index (χ0n) is 15.1. The van der Waals surface area contributed by atoms with Crippen LogP contribution in [0.4, 0.5) is 8.78 Å². The van der Waals surface area contributed by atoms with Crippen LogP contribution in [0.25, 0.3) is 11.4 Å². The summed E-state index contributed by atoms with van der Waals surface area (Å²) in [4.78, 5) is 4.32. The highest BCUT2D eigenvalue weighted by Gasteiger charge is 2.16. The number of allylic oxidation sites excluding steroid dienone is 1. The van der Waals surface area contributed by atoms with Gasteiger partial charge in [-0.1, -0.05) is 23.0 Å². The summed E-state index contributed by atoms with van der Waals surface area (Å²) in [5.74, 6) is 1.95. The fourth-order valence-electron chi connectivity index (χ4n) is 2.36. The Hall–Kier alpha value is -2.95. The molecular weight excluding hydrogens is 392 g/mol. The Kier molecular flexibility index (Phi) is 6.24. The van der Waals surface area contributed by atoms with Crippen molar-refractivity contribution in [1.29, 1.82) is 0 Å². The van der Waals surface area contributed by atoms with E-state index in [2.05, 4.69) is 31.7 Å². The molecule has 11 heteroatoms. The van der Waals surface area contributed by atoms with Crippen molar-refractivity contribution in [3.05, 3.63) is 42.6 Å². The smallest absolute Gasteiger partial charge is 0.387 e. The summed E-state index contributed by atoms with van der Waals surface area (Å²) in [6.45, 7) is 3.24. The number of aromatic nitrogens is 5. The van der Waals surface area contributed by atoms with Crippen molar-refractivity contribution in [2.45, 2.75) is 31.0 Å². The van der Waals surface area contributed by atoms with Crippen molar-refractivity contribution in [3.63, 3.8) is 0 Å². The molecule has 0 unspecified atom stereocenters. The first-order chi connectivity index (χ1) is 13.5. The molecule has 0 saturated heterocycles. The van der Waals surface area contributed by atoms with Gasteiger partial charge in [0.15, 0.2) is 16.7 Å². The van der Waals surface area contributed by atoms with Gasteiger partial charge in [-0.25, -0.2) is 0 Å². The van der Waals surface area contributed by atoms with E-state index >= 15 is 0 Å². The third-order valence-electron chi connectivity index (χ3n) is 3.64. The minimum Gasteiger partial charge on any atom is -0.493 e. The van der Waals surface area contributed by atoms with Gasteiger partial charge in [-0.15, -0.1) is 16.8 Å². The monoisotopic (exact) mass is 409 g/mol. The Morgan fingerprint density at radius 2 is 2.14 bits per heavy atom. The van der Waals surface area contributed by atoms with E-state index in [0.717, 1.165) is 5.82 Å². The zero-order chi connectivity index (χ0) is 20.1. The van der Waals surface area contributed by atoms with Crippen LogP contribution in [0.3, 0.4) is 0 Å². The third kappa shape index (κ3) is 4.47. The van der Waals surface area contributed by atoms with Gasteiger partial charge in [0, 0.05) is 12.1 Å². The molecule has 0 aliphatic rings. The fraction of sp³-hybridized carbons (Fsp3) is 0.294. The van der Waals surface area contributed by atoms with Crippen LogP contribution in [-0.2, 0) is 12.3 Å². The molecule has 28 heavy (non-hydrogen) atoms. The maximum absolute atomic E-state index is 12.4. The molecule has 1 aromatic carbocycles. The van der Waals surface area contributed by atoms with Crippen molar-refractivity contribution in [2.24, 2.45) is 0 Å². The number of ether oxygens (including phenoxy) is 2. The molecule has 0 atom stereocenters. The molecule has 0 fully saturated rings. The maximum atomic E-state index is 12.4. The quantitative estimate of drug-likeness (QED) is 0.390. The van der Waals surface area contributed by atoms with Gasteiger partial charge < -0.3 is 18.6 Å². The van der Waals surface area contributed by atoms with E-state index in [0.29, 0.717) is 34.7 Å². The van der Waals surface area contributed by atoms with Crippen LogP contribution in [0.15, 0.2) is 40.5 Å². The zero-order valence-corrected chi connectivity index (χ0v) is 15.9. The molecular formula is C17H17F2N5O3S. The molecule has 3 aromatic rings. The highest BCUT2D eigenvalue weighted by Crippen LogP contribution is 2.33. The molecule has 0 saturated carbocycles. The van der Waals surface area contributed by atoms with Crippen molar-refractivity contribution in [1.82, 2.24) is 24.9 Å². The number of methoxy groups -OCH3 is 1. The lowest BCUT2D eigenvalue weighted by molar-refractivity contribution is -0.0512. The molecule has 0 spiro atoms. The van der Waals surface area contributed by atoms with E-state index in [4.69, 9.17) is 9.26 Å². The van der Waals surface area contributed by atoms with Crippen LogP contribution in [-0.4, -0.2) is 38.6 Å². The molecule has 0 bridgehead atoms. The molecule has 2 heterocycles. The topological polar surface area (TPSA) is 88.1 Å². The largest absolute Gasteiger partial charge is 0.493 e. The second kappa shape index (κ2) is 8.83. The maximum Gasteiger partial charge on any atom is 0.387 e. The molecule has 3 rings (SSSR count). The van der Waals surface area contributed by atoms with Gasteiger partial charge in [-0.05, 0) is 25.1 Å². The minimum absolute atomic E-state index is 0.0718. The van der Waals surface area contributed by atoms with Gasteiger partial charge in [0.1, 0.15) is 5.82 Å². The SMILES string of the molecule is C=CCn1c(C)nnc1SCc1nc(-c2ccc(OC(F)F)c(OC)c2)no1. The number of hydrogen-bond donors (Lipinski definition) is 0. The lowest BCUT2D eigenvalue weighted by Gasteiger charge is -2.10. The molecule has 0 radical (unpaired) electrons. The van der Waals surface area contributed by atoms with Gasteiger partial charge in [0.25, 0.3) is 0 Å². The summed E-state index contributed by atoms with van der Waals surface area (Å²) in [5.41, 5.74) is 0.545. The number of hydrogen-bond acceptors (Lipinski definition) is 8. The predicted octanol–water partition coefficient (Wildman–Crippen LogP) is 3.72. The minimum atomic E-state index is -2.94. The number of benzene rings is 1. The number of aryl methyl sites for hydroxylation is 1. The number of rotatable bonds is 9. The van der Waals surface area contributed by atoms with E-state index in [1.54, 1.807) is 12.1 Å². The highest BCUT2D eigenvalue weighted by atomic mass is 32.2. The number of halogens is 2. The van der Waals surface area contributed by atoms with E-state index in [9.17, 15) is 8.78 Å². The Morgan fingerprint density at radius 1 is 1.32 bits per heavy atom. The molecule has 2 aromatic heterocycles. The van der Waals surface area contributed by atoms with Crippen molar-refractivity contribution >= 4 is 11.8 Å². The average molecular weight is 409 g/mol. The van der Waals surface area contributed by atoms with Crippen LogP contribution in [0, 0.1) is 6.92 Å². The van der Waals surface area contributed by atoms with Gasteiger partial charge in [0.05, 0.1) is 12.9 Å². The van der Waals surface area contributed by atoms with Crippen LogP contribution in [0.2, 0.25) is 0 Å². The van der Waals surface area contributed by atoms with E-state index < -0.39 is 6.61 Å². The molecule has 148 valence electrons. The van der Waals surface area contributed by atoms with Crippen LogP contribution < -0.4 is 9.47 Å². The first kappa shape index (κ1) is 19.8. The summed E-state index contributed by atoms with van der Waals surface area (Å²) in [6, 6.07) is 4.42. The number of alkyl halides is 2. The van der Waals surface area contributed by atoms with Crippen molar-refractivity contribution in [3.8, 4) is 22.9 Å². The average Bonchev–Trinajstić information content (AvgIpc) is 3.28. The van der Waals surface area contributed by atoms with E-state index in [-0.39, 0.29) is 11.5 Å². The van der Waals surface area contributed by atoms with Crippen LogP contribution in [0.5, 0.6) is 11.5 Å². The van der Waals surface area contributed by atoms with Crippen LogP contribution >= 0.6 is 11.8 Å². The second-order valence-electron chi connectivity index (χ2n) is 5.47. The molecule has 0 N–H and O–H groups in total. The van der Waals surface area contributed by atoms with Gasteiger partial charge in [0.2, 0.25) is 11.7 Å². The summed E-state index contributed by atoms with van der Waals surface area (Å²) in [7, 11) is 1.36. The summed E-state index contributed by atoms with van der Waals surface area (Å²) < 4.78 is 41.5. The fourth-order valence-corrected chi connectivity index (χ4v) is 3.20. The first-order valence-corrected chi connectivity index (χ1v) is 9.09. The second-order valence-corrected chi connectivity index (χ2v) is 6.42. The van der Waals surface area contributed by atoms with Gasteiger partial charge in [-0.2, -0.15) is 13.8 Å². The molecule has 0 aliphatic heterocycles. The van der Waals surface area contributed by atoms with Crippen LogP contribution in [0.1, 0.15) is 11.7 Å². The predicted molar refractivity (Wildman–Crippen MR) is 97.4 cm³/mol. The van der Waals surface area contributed by atoms with Crippen molar-refractivity contribution in [2.75, 3.05) is 7.11 Å². The number of nitrogens with zero attached hydrogens (tertiary/aromatic N) is 5. The lowest BCUT2D eigenvalue weighted by atomic mass is 10.2. The van der Waals surface area contributed by atoms with Gasteiger partial charge in [-0.3, -0.25) is 0 Å². The van der Waals surface area contributed by atoms with Gasteiger partial charge >= 0.3 is 6.61 Å². The van der Waals surface area contributed by atoms with E-state index in [1.807, 2.05) is 11.5 Å². The molecule has 8 nitrogen and oxygen atoms in total. The molecule has 0 amide bonds. The highest BCUT2D eigenvalue weighted by molar-refractivity contribution is 7.98. The Morgan fingerprint density at radius 3 is 2.86 bits per heavy atom. The first-order valence-electron chi connectivity index (χ1n) is 8.11. The normalized spacial score (nSPS) is 11.0. The third-order valence-corrected chi connectivity index (χ3v) is 4.60. The Labute approximate surface area is 163 Å². The number of thioether (sulfide) groups is 1.